The molecule has 0 aromatic heterocycles. The van der Waals surface area contributed by atoms with E-state index in [1.165, 1.54) is 0 Å². The van der Waals surface area contributed by atoms with E-state index in [1.54, 1.807) is 0 Å². The Hall–Kier alpha value is -0.810. The number of nitrogens with one attached hydrogen (secondary N) is 1. The molecule has 0 aromatic rings. The molecule has 0 heterocycles. The highest BCUT2D eigenvalue weighted by Crippen LogP contribution is 1.92. The van der Waals surface area contributed by atoms with Gasteiger partial charge in [-0.15, -0.1) is 0 Å². The first kappa shape index (κ1) is 13.2. The number of amides is 1. The van der Waals surface area contributed by atoms with E-state index < -0.39 is 6.09 Å². The van der Waals surface area contributed by atoms with Crippen LogP contribution < -0.4 is 16.8 Å². The highest BCUT2D eigenvalue weighted by atomic mass is 16.6. The van der Waals surface area contributed by atoms with Crippen molar-refractivity contribution >= 4 is 6.09 Å². The molecule has 0 radical (unpaired) electrons. The molecule has 14 heavy (non-hydrogen) atoms. The van der Waals surface area contributed by atoms with Gasteiger partial charge in [-0.25, -0.2) is 4.79 Å². The van der Waals surface area contributed by atoms with Gasteiger partial charge < -0.3 is 21.5 Å². The Morgan fingerprint density at radius 1 is 1.36 bits per heavy atom. The highest BCUT2D eigenvalue weighted by molar-refractivity contribution is 5.67. The third kappa shape index (κ3) is 6.68. The quantitative estimate of drug-likeness (QED) is 0.515. The van der Waals surface area contributed by atoms with E-state index in [1.807, 2.05) is 0 Å². The van der Waals surface area contributed by atoms with E-state index in [9.17, 15) is 4.79 Å². The summed E-state index contributed by atoms with van der Waals surface area (Å²) in [4.78, 5) is 11.1. The van der Waals surface area contributed by atoms with Crippen molar-refractivity contribution in [2.45, 2.75) is 32.3 Å². The molecule has 0 aromatic carbocycles. The first-order valence-corrected chi connectivity index (χ1v) is 5.09. The summed E-state index contributed by atoms with van der Waals surface area (Å²) in [5.74, 6) is 0. The van der Waals surface area contributed by atoms with Gasteiger partial charge >= 0.3 is 6.09 Å². The molecule has 0 aliphatic heterocycles. The van der Waals surface area contributed by atoms with E-state index in [0.717, 1.165) is 19.3 Å². The van der Waals surface area contributed by atoms with Gasteiger partial charge in [0.05, 0.1) is 0 Å². The van der Waals surface area contributed by atoms with Gasteiger partial charge in [-0.1, -0.05) is 19.8 Å². The monoisotopic (exact) mass is 203 g/mol. The minimum Gasteiger partial charge on any atom is -0.444 e. The fraction of sp³-hybridized carbons (Fsp3) is 0.889. The summed E-state index contributed by atoms with van der Waals surface area (Å²) in [5, 5.41) is 2.64. The van der Waals surface area contributed by atoms with Crippen molar-refractivity contribution in [3.05, 3.63) is 0 Å². The Labute approximate surface area is 85.2 Å². The van der Waals surface area contributed by atoms with Crippen molar-refractivity contribution in [2.75, 3.05) is 19.6 Å². The minimum atomic E-state index is -0.429. The second-order valence-corrected chi connectivity index (χ2v) is 3.13. The molecule has 0 spiro atoms. The van der Waals surface area contributed by atoms with Gasteiger partial charge in [0.1, 0.15) is 6.10 Å². The van der Waals surface area contributed by atoms with E-state index in [2.05, 4.69) is 12.2 Å². The Morgan fingerprint density at radius 3 is 2.50 bits per heavy atom. The molecule has 0 aliphatic rings. The predicted octanol–water partition coefficient (Wildman–Crippen LogP) is 0.189. The van der Waals surface area contributed by atoms with E-state index in [4.69, 9.17) is 16.2 Å². The van der Waals surface area contributed by atoms with Crippen molar-refractivity contribution in [1.82, 2.24) is 5.32 Å². The molecule has 0 saturated carbocycles. The number of hydrogen-bond donors (Lipinski definition) is 3. The molecule has 5 heteroatoms. The summed E-state index contributed by atoms with van der Waals surface area (Å²) in [7, 11) is 0. The summed E-state index contributed by atoms with van der Waals surface area (Å²) in [6, 6.07) is 0. The lowest BCUT2D eigenvalue weighted by molar-refractivity contribution is 0.105. The van der Waals surface area contributed by atoms with Gasteiger partial charge in [-0.2, -0.15) is 0 Å². The largest absolute Gasteiger partial charge is 0.444 e. The zero-order valence-electron chi connectivity index (χ0n) is 8.79. The molecular weight excluding hydrogens is 182 g/mol. The lowest BCUT2D eigenvalue weighted by Gasteiger charge is -2.14. The average molecular weight is 203 g/mol. The topological polar surface area (TPSA) is 90.4 Å². The molecule has 84 valence electrons. The molecular formula is C9H21N3O2. The molecule has 0 atom stereocenters. The van der Waals surface area contributed by atoms with Crippen LogP contribution >= 0.6 is 0 Å². The fourth-order valence-corrected chi connectivity index (χ4v) is 0.951. The summed E-state index contributed by atoms with van der Waals surface area (Å²) in [5.41, 5.74) is 10.6. The molecule has 0 fully saturated rings. The maximum Gasteiger partial charge on any atom is 0.407 e. The zero-order chi connectivity index (χ0) is 10.8. The standard InChI is InChI=1S/C9H21N3O2/c1-2-3-4-5-12-9(13)14-8(6-10)7-11/h8H,2-7,10-11H2,1H3,(H,12,13). The maximum atomic E-state index is 11.1. The molecule has 0 unspecified atom stereocenters. The zero-order valence-corrected chi connectivity index (χ0v) is 8.79. The number of hydrogen-bond acceptors (Lipinski definition) is 4. The van der Waals surface area contributed by atoms with Crippen LogP contribution in [0.25, 0.3) is 0 Å². The Bertz CT molecular complexity index is 149. The second-order valence-electron chi connectivity index (χ2n) is 3.13. The van der Waals surface area contributed by atoms with Crippen molar-refractivity contribution in [3.63, 3.8) is 0 Å². The Kier molecular flexibility index (Phi) is 8.27. The van der Waals surface area contributed by atoms with Gasteiger partial charge in [0.2, 0.25) is 0 Å². The van der Waals surface area contributed by atoms with Crippen LogP contribution in [0.4, 0.5) is 4.79 Å². The van der Waals surface area contributed by atoms with Gasteiger partial charge in [0, 0.05) is 19.6 Å². The van der Waals surface area contributed by atoms with E-state index in [-0.39, 0.29) is 19.2 Å². The predicted molar refractivity (Wildman–Crippen MR) is 55.9 cm³/mol. The van der Waals surface area contributed by atoms with Crippen LogP contribution in [0.15, 0.2) is 0 Å². The lowest BCUT2D eigenvalue weighted by atomic mass is 10.2. The first-order chi connectivity index (χ1) is 6.74. The minimum absolute atomic E-state index is 0.263. The van der Waals surface area contributed by atoms with Gasteiger partial charge in [0.25, 0.3) is 0 Å². The lowest BCUT2D eigenvalue weighted by Crippen LogP contribution is -2.37. The van der Waals surface area contributed by atoms with Crippen LogP contribution in [-0.2, 0) is 4.74 Å². The SMILES string of the molecule is CCCCCNC(=O)OC(CN)CN. The third-order valence-corrected chi connectivity index (χ3v) is 1.85. The molecule has 5 N–H and O–H groups in total. The van der Waals surface area contributed by atoms with Gasteiger partial charge in [0.15, 0.2) is 0 Å². The smallest absolute Gasteiger partial charge is 0.407 e. The van der Waals surface area contributed by atoms with Gasteiger partial charge in [-0.05, 0) is 6.42 Å². The summed E-state index contributed by atoms with van der Waals surface area (Å²) in [6.45, 7) is 3.28. The normalized spacial score (nSPS) is 10.3. The number of unbranched alkanes of at least 4 members (excludes halogenated alkanes) is 2. The van der Waals surface area contributed by atoms with E-state index in [0.29, 0.717) is 6.54 Å². The summed E-state index contributed by atoms with van der Waals surface area (Å²) in [6.07, 6.45) is 2.41. The number of carbonyl (C=O) groups excluding carboxylic acids is 1. The fourth-order valence-electron chi connectivity index (χ4n) is 0.951. The van der Waals surface area contributed by atoms with Gasteiger partial charge in [-0.3, -0.25) is 0 Å². The number of nitrogens with two attached hydrogens (primary N) is 2. The molecule has 0 saturated heterocycles. The van der Waals surface area contributed by atoms with Crippen molar-refractivity contribution in [2.24, 2.45) is 11.5 Å². The molecule has 0 bridgehead atoms. The van der Waals surface area contributed by atoms with Crippen LogP contribution in [0, 0.1) is 0 Å². The van der Waals surface area contributed by atoms with Crippen LogP contribution in [0.5, 0.6) is 0 Å². The molecule has 0 rings (SSSR count). The number of carbonyl (C=O) groups is 1. The first-order valence-electron chi connectivity index (χ1n) is 5.09. The second kappa shape index (κ2) is 8.77. The van der Waals surface area contributed by atoms with Crippen molar-refractivity contribution in [1.29, 1.82) is 0 Å². The van der Waals surface area contributed by atoms with Crippen LogP contribution in [0.3, 0.4) is 0 Å². The Balaban J connectivity index is 3.44. The van der Waals surface area contributed by atoms with Crippen LogP contribution in [0.1, 0.15) is 26.2 Å². The van der Waals surface area contributed by atoms with Crippen molar-refractivity contribution in [3.8, 4) is 0 Å². The summed E-state index contributed by atoms with van der Waals surface area (Å²) < 4.78 is 4.93. The van der Waals surface area contributed by atoms with Crippen LogP contribution in [-0.4, -0.2) is 31.8 Å². The third-order valence-electron chi connectivity index (χ3n) is 1.85. The number of alkyl carbamates (subject to hydrolysis) is 1. The number of rotatable bonds is 7. The molecule has 0 aliphatic carbocycles. The van der Waals surface area contributed by atoms with E-state index >= 15 is 0 Å². The Morgan fingerprint density at radius 2 is 2.00 bits per heavy atom. The van der Waals surface area contributed by atoms with Crippen molar-refractivity contribution < 1.29 is 9.53 Å². The highest BCUT2D eigenvalue weighted by Gasteiger charge is 2.09. The number of ether oxygens (including phenoxy) is 1. The molecule has 1 amide bonds. The average Bonchev–Trinajstić information content (AvgIpc) is 2.21. The summed E-state index contributed by atoms with van der Waals surface area (Å²) >= 11 is 0. The maximum absolute atomic E-state index is 11.1. The molecule has 5 nitrogen and oxygen atoms in total. The van der Waals surface area contributed by atoms with Crippen LogP contribution in [0.2, 0.25) is 0 Å².